The molecule has 0 N–H and O–H groups in total. The van der Waals surface area contributed by atoms with Crippen LogP contribution in [0.5, 0.6) is 0 Å². The largest absolute Gasteiger partial charge is 0.496 e. The number of nitrogens with zero attached hydrogens (tertiary/aromatic N) is 2. The van der Waals surface area contributed by atoms with E-state index in [0.29, 0.717) is 15.8 Å². The molecule has 0 fully saturated rings. The summed E-state index contributed by atoms with van der Waals surface area (Å²) in [7, 11) is 1.56. The molecule has 13 heavy (non-hydrogen) atoms. The highest BCUT2D eigenvalue weighted by atomic mass is 32.2. The van der Waals surface area contributed by atoms with E-state index in [1.165, 1.54) is 11.8 Å². The predicted octanol–water partition coefficient (Wildman–Crippen LogP) is 2.24. The highest BCUT2D eigenvalue weighted by molar-refractivity contribution is 8.03. The summed E-state index contributed by atoms with van der Waals surface area (Å²) in [4.78, 5) is 8.78. The van der Waals surface area contributed by atoms with Crippen LogP contribution in [0.3, 0.4) is 0 Å². The smallest absolute Gasteiger partial charge is 0.192 e. The first-order valence-electron chi connectivity index (χ1n) is 3.61. The van der Waals surface area contributed by atoms with Crippen molar-refractivity contribution in [2.45, 2.75) is 5.16 Å². The van der Waals surface area contributed by atoms with Crippen molar-refractivity contribution in [1.82, 2.24) is 9.97 Å². The van der Waals surface area contributed by atoms with Gasteiger partial charge in [-0.2, -0.15) is 0 Å². The Balaban J connectivity index is 2.60. The zero-order valence-corrected chi connectivity index (χ0v) is 8.17. The van der Waals surface area contributed by atoms with Gasteiger partial charge in [-0.1, -0.05) is 13.2 Å². The van der Waals surface area contributed by atoms with Gasteiger partial charge in [-0.05, 0) is 17.8 Å². The van der Waals surface area contributed by atoms with Crippen molar-refractivity contribution in [1.29, 1.82) is 0 Å². The third-order valence-electron chi connectivity index (χ3n) is 1.31. The molecule has 0 radical (unpaired) electrons. The zero-order valence-electron chi connectivity index (χ0n) is 7.36. The van der Waals surface area contributed by atoms with Gasteiger partial charge in [0.25, 0.3) is 0 Å². The molecule has 1 rings (SSSR count). The molecule has 0 bridgehead atoms. The Morgan fingerprint density at radius 3 is 2.54 bits per heavy atom. The molecule has 0 aromatic carbocycles. The van der Waals surface area contributed by atoms with Crippen LogP contribution in [0.15, 0.2) is 47.4 Å². The second kappa shape index (κ2) is 4.67. The minimum Gasteiger partial charge on any atom is -0.496 e. The standard InChI is InChI=1S/C9H10N2OS/c1-7(12-3)8(2)13-9-10-5-4-6-11-9/h4-6H,1-2H2,3H3. The molecule has 0 amide bonds. The fraction of sp³-hybridized carbons (Fsp3) is 0.111. The summed E-state index contributed by atoms with van der Waals surface area (Å²) in [6, 6.07) is 1.76. The van der Waals surface area contributed by atoms with E-state index in [4.69, 9.17) is 4.74 Å². The fourth-order valence-corrected chi connectivity index (χ4v) is 1.26. The quantitative estimate of drug-likeness (QED) is 0.319. The second-order valence-electron chi connectivity index (χ2n) is 2.18. The number of hydrogen-bond acceptors (Lipinski definition) is 4. The Morgan fingerprint density at radius 1 is 1.38 bits per heavy atom. The van der Waals surface area contributed by atoms with E-state index in [9.17, 15) is 0 Å². The van der Waals surface area contributed by atoms with Crippen LogP contribution in [0.4, 0.5) is 0 Å². The molecule has 0 atom stereocenters. The minimum atomic E-state index is 0.539. The molecule has 0 saturated heterocycles. The number of ether oxygens (including phenoxy) is 1. The second-order valence-corrected chi connectivity index (χ2v) is 3.25. The van der Waals surface area contributed by atoms with Gasteiger partial charge in [0.2, 0.25) is 0 Å². The Labute approximate surface area is 81.6 Å². The molecule has 0 aliphatic carbocycles. The Morgan fingerprint density at radius 2 is 2.00 bits per heavy atom. The summed E-state index contributed by atoms with van der Waals surface area (Å²) in [5.74, 6) is 0.539. The lowest BCUT2D eigenvalue weighted by Gasteiger charge is -2.05. The molecule has 3 nitrogen and oxygen atoms in total. The van der Waals surface area contributed by atoms with Gasteiger partial charge < -0.3 is 4.74 Å². The molecule has 0 aliphatic rings. The fourth-order valence-electron chi connectivity index (χ4n) is 0.619. The van der Waals surface area contributed by atoms with Crippen LogP contribution in [0.2, 0.25) is 0 Å². The van der Waals surface area contributed by atoms with Crippen molar-refractivity contribution in [2.24, 2.45) is 0 Å². The van der Waals surface area contributed by atoms with E-state index in [-0.39, 0.29) is 0 Å². The van der Waals surface area contributed by atoms with Gasteiger partial charge in [-0.25, -0.2) is 9.97 Å². The SMILES string of the molecule is C=C(OC)C(=C)Sc1ncccn1. The van der Waals surface area contributed by atoms with Crippen LogP contribution in [-0.4, -0.2) is 17.1 Å². The van der Waals surface area contributed by atoms with Crippen molar-refractivity contribution in [3.63, 3.8) is 0 Å². The number of rotatable bonds is 4. The third kappa shape index (κ3) is 2.91. The van der Waals surface area contributed by atoms with Crippen molar-refractivity contribution in [3.8, 4) is 0 Å². The molecule has 0 aliphatic heterocycles. The van der Waals surface area contributed by atoms with Crippen LogP contribution < -0.4 is 0 Å². The molecule has 4 heteroatoms. The average molecular weight is 194 g/mol. The highest BCUT2D eigenvalue weighted by Crippen LogP contribution is 2.26. The molecular formula is C9H10N2OS. The topological polar surface area (TPSA) is 35.0 Å². The lowest BCUT2D eigenvalue weighted by Crippen LogP contribution is -1.88. The third-order valence-corrected chi connectivity index (χ3v) is 2.18. The highest BCUT2D eigenvalue weighted by Gasteiger charge is 2.03. The lowest BCUT2D eigenvalue weighted by atomic mass is 10.5. The van der Waals surface area contributed by atoms with Crippen LogP contribution in [0, 0.1) is 0 Å². The summed E-state index contributed by atoms with van der Waals surface area (Å²) in [6.07, 6.45) is 3.36. The van der Waals surface area contributed by atoms with E-state index >= 15 is 0 Å². The van der Waals surface area contributed by atoms with Crippen molar-refractivity contribution >= 4 is 11.8 Å². The van der Waals surface area contributed by atoms with Crippen LogP contribution in [-0.2, 0) is 4.74 Å². The summed E-state index contributed by atoms with van der Waals surface area (Å²) in [6.45, 7) is 7.45. The van der Waals surface area contributed by atoms with Gasteiger partial charge in [-0.3, -0.25) is 0 Å². The van der Waals surface area contributed by atoms with E-state index < -0.39 is 0 Å². The van der Waals surface area contributed by atoms with E-state index in [0.717, 1.165) is 0 Å². The normalized spacial score (nSPS) is 9.31. The van der Waals surface area contributed by atoms with Gasteiger partial charge in [-0.15, -0.1) is 0 Å². The molecule has 0 saturated carbocycles. The van der Waals surface area contributed by atoms with Gasteiger partial charge in [0.1, 0.15) is 5.76 Å². The maximum absolute atomic E-state index is 4.91. The maximum Gasteiger partial charge on any atom is 0.192 e. The van der Waals surface area contributed by atoms with Gasteiger partial charge >= 0.3 is 0 Å². The monoisotopic (exact) mass is 194 g/mol. The first kappa shape index (κ1) is 9.80. The summed E-state index contributed by atoms with van der Waals surface area (Å²) in [5.41, 5.74) is 0. The molecule has 1 aromatic heterocycles. The van der Waals surface area contributed by atoms with Crippen molar-refractivity contribution in [3.05, 3.63) is 42.3 Å². The Kier molecular flexibility index (Phi) is 3.52. The molecule has 1 heterocycles. The van der Waals surface area contributed by atoms with Crippen molar-refractivity contribution in [2.75, 3.05) is 7.11 Å². The first-order chi connectivity index (χ1) is 6.24. The first-order valence-corrected chi connectivity index (χ1v) is 4.42. The van der Waals surface area contributed by atoms with Crippen LogP contribution in [0.25, 0.3) is 0 Å². The Bertz CT molecular complexity index is 311. The Hall–Kier alpha value is -1.29. The molecule has 1 aromatic rings. The number of hydrogen-bond donors (Lipinski definition) is 0. The van der Waals surface area contributed by atoms with E-state index in [1.54, 1.807) is 25.6 Å². The predicted molar refractivity (Wildman–Crippen MR) is 53.2 cm³/mol. The summed E-state index contributed by atoms with van der Waals surface area (Å²) in [5, 5.41) is 0.644. The summed E-state index contributed by atoms with van der Waals surface area (Å²) >= 11 is 1.34. The van der Waals surface area contributed by atoms with Crippen molar-refractivity contribution < 1.29 is 4.74 Å². The van der Waals surface area contributed by atoms with Gasteiger partial charge in [0.05, 0.1) is 7.11 Å². The zero-order chi connectivity index (χ0) is 9.68. The molecular weight excluding hydrogens is 184 g/mol. The van der Waals surface area contributed by atoms with Crippen LogP contribution in [0.1, 0.15) is 0 Å². The molecule has 0 spiro atoms. The molecule has 68 valence electrons. The summed E-state index contributed by atoms with van der Waals surface area (Å²) < 4.78 is 4.91. The van der Waals surface area contributed by atoms with E-state index in [1.807, 2.05) is 0 Å². The maximum atomic E-state index is 4.91. The van der Waals surface area contributed by atoms with Crippen LogP contribution >= 0.6 is 11.8 Å². The average Bonchev–Trinajstić information content (AvgIpc) is 2.18. The number of aromatic nitrogens is 2. The lowest BCUT2D eigenvalue weighted by molar-refractivity contribution is 0.307. The minimum absolute atomic E-state index is 0.539. The number of thioether (sulfide) groups is 1. The number of methoxy groups -OCH3 is 1. The molecule has 0 unspecified atom stereocenters. The van der Waals surface area contributed by atoms with E-state index in [2.05, 4.69) is 23.1 Å². The van der Waals surface area contributed by atoms with Gasteiger partial charge in [0, 0.05) is 17.3 Å². The van der Waals surface area contributed by atoms with Gasteiger partial charge in [0.15, 0.2) is 5.16 Å².